The van der Waals surface area contributed by atoms with Crippen molar-refractivity contribution in [1.82, 2.24) is 5.32 Å². The van der Waals surface area contributed by atoms with Crippen LogP contribution in [-0.4, -0.2) is 12.5 Å². The van der Waals surface area contributed by atoms with Crippen molar-refractivity contribution in [2.75, 3.05) is 6.54 Å². The molecule has 0 unspecified atom stereocenters. The van der Waals surface area contributed by atoms with E-state index in [2.05, 4.69) is 11.4 Å². The number of nitrogens with one attached hydrogen (secondary N) is 1. The van der Waals surface area contributed by atoms with Crippen LogP contribution in [0, 0.1) is 17.2 Å². The van der Waals surface area contributed by atoms with Gasteiger partial charge in [0.15, 0.2) is 0 Å². The van der Waals surface area contributed by atoms with Crippen LogP contribution in [0.15, 0.2) is 24.3 Å². The molecule has 0 heterocycles. The SMILES string of the molecule is N#Cc1ccc(CCNC(=O)C2CCC2)cc1. The first kappa shape index (κ1) is 11.7. The van der Waals surface area contributed by atoms with Gasteiger partial charge >= 0.3 is 0 Å². The fraction of sp³-hybridized carbons (Fsp3) is 0.429. The van der Waals surface area contributed by atoms with Crippen molar-refractivity contribution < 1.29 is 4.79 Å². The molecule has 0 atom stereocenters. The zero-order valence-corrected chi connectivity index (χ0v) is 9.78. The van der Waals surface area contributed by atoms with Crippen molar-refractivity contribution >= 4 is 5.91 Å². The maximum Gasteiger partial charge on any atom is 0.223 e. The largest absolute Gasteiger partial charge is 0.356 e. The minimum absolute atomic E-state index is 0.199. The number of amides is 1. The van der Waals surface area contributed by atoms with Gasteiger partial charge in [-0.15, -0.1) is 0 Å². The third kappa shape index (κ3) is 3.07. The van der Waals surface area contributed by atoms with E-state index in [9.17, 15) is 4.79 Å². The lowest BCUT2D eigenvalue weighted by molar-refractivity contribution is -0.127. The fourth-order valence-electron chi connectivity index (χ4n) is 1.89. The molecule has 1 aliphatic rings. The summed E-state index contributed by atoms with van der Waals surface area (Å²) in [6.45, 7) is 0.682. The molecule has 3 heteroatoms. The molecule has 0 radical (unpaired) electrons. The standard InChI is InChI=1S/C14H16N2O/c15-10-12-6-4-11(5-7-12)8-9-16-14(17)13-2-1-3-13/h4-7,13H,1-3,8-9H2,(H,16,17). The molecule has 0 aromatic heterocycles. The van der Waals surface area contributed by atoms with Gasteiger partial charge < -0.3 is 5.32 Å². The molecule has 17 heavy (non-hydrogen) atoms. The Hall–Kier alpha value is -1.82. The van der Waals surface area contributed by atoms with E-state index in [1.54, 1.807) is 0 Å². The van der Waals surface area contributed by atoms with Gasteiger partial charge in [0.25, 0.3) is 0 Å². The lowest BCUT2D eigenvalue weighted by Gasteiger charge is -2.23. The molecule has 88 valence electrons. The van der Waals surface area contributed by atoms with E-state index >= 15 is 0 Å². The summed E-state index contributed by atoms with van der Waals surface area (Å²) < 4.78 is 0. The van der Waals surface area contributed by atoms with Crippen molar-refractivity contribution in [3.8, 4) is 6.07 Å². The molecule has 0 bridgehead atoms. The second-order valence-electron chi connectivity index (χ2n) is 4.48. The van der Waals surface area contributed by atoms with Gasteiger partial charge in [-0.3, -0.25) is 4.79 Å². The van der Waals surface area contributed by atoms with E-state index in [1.807, 2.05) is 24.3 Å². The van der Waals surface area contributed by atoms with Crippen LogP contribution in [0.2, 0.25) is 0 Å². The summed E-state index contributed by atoms with van der Waals surface area (Å²) in [7, 11) is 0. The van der Waals surface area contributed by atoms with Gasteiger partial charge in [-0.2, -0.15) is 5.26 Å². The highest BCUT2D eigenvalue weighted by molar-refractivity contribution is 5.79. The summed E-state index contributed by atoms with van der Waals surface area (Å²) in [6, 6.07) is 9.58. The number of nitrogens with zero attached hydrogens (tertiary/aromatic N) is 1. The van der Waals surface area contributed by atoms with E-state index in [0.29, 0.717) is 12.1 Å². The summed E-state index contributed by atoms with van der Waals surface area (Å²) in [6.07, 6.45) is 4.10. The highest BCUT2D eigenvalue weighted by Gasteiger charge is 2.24. The minimum atomic E-state index is 0.199. The van der Waals surface area contributed by atoms with Gasteiger partial charge in [-0.1, -0.05) is 18.6 Å². The minimum Gasteiger partial charge on any atom is -0.356 e. The molecule has 0 saturated heterocycles. The number of hydrogen-bond acceptors (Lipinski definition) is 2. The van der Waals surface area contributed by atoms with Crippen molar-refractivity contribution in [2.24, 2.45) is 5.92 Å². The summed E-state index contributed by atoms with van der Waals surface area (Å²) >= 11 is 0. The van der Waals surface area contributed by atoms with Crippen LogP contribution in [0.3, 0.4) is 0 Å². The summed E-state index contributed by atoms with van der Waals surface area (Å²) in [5.41, 5.74) is 1.82. The smallest absolute Gasteiger partial charge is 0.223 e. The van der Waals surface area contributed by atoms with Crippen molar-refractivity contribution in [1.29, 1.82) is 5.26 Å². The molecule has 1 N–H and O–H groups in total. The maximum atomic E-state index is 11.6. The third-order valence-corrected chi connectivity index (χ3v) is 3.27. The Morgan fingerprint density at radius 2 is 2.06 bits per heavy atom. The van der Waals surface area contributed by atoms with E-state index < -0.39 is 0 Å². The summed E-state index contributed by atoms with van der Waals surface area (Å²) in [5, 5.41) is 11.6. The van der Waals surface area contributed by atoms with Gasteiger partial charge in [-0.25, -0.2) is 0 Å². The molecule has 1 aromatic carbocycles. The average molecular weight is 228 g/mol. The Labute approximate surface area is 101 Å². The van der Waals surface area contributed by atoms with Crippen LogP contribution in [-0.2, 0) is 11.2 Å². The van der Waals surface area contributed by atoms with E-state index in [0.717, 1.165) is 24.8 Å². The summed E-state index contributed by atoms with van der Waals surface area (Å²) in [5.74, 6) is 0.459. The van der Waals surface area contributed by atoms with E-state index in [4.69, 9.17) is 5.26 Å². The lowest BCUT2D eigenvalue weighted by Crippen LogP contribution is -2.35. The normalized spacial score (nSPS) is 14.8. The van der Waals surface area contributed by atoms with Gasteiger partial charge in [0.05, 0.1) is 11.6 Å². The van der Waals surface area contributed by atoms with Crippen LogP contribution in [0.1, 0.15) is 30.4 Å². The molecule has 1 aromatic rings. The quantitative estimate of drug-likeness (QED) is 0.857. The molecule has 0 aliphatic heterocycles. The average Bonchev–Trinajstić information content (AvgIpc) is 2.27. The van der Waals surface area contributed by atoms with Gasteiger partial charge in [0, 0.05) is 12.5 Å². The highest BCUT2D eigenvalue weighted by Crippen LogP contribution is 2.26. The first-order chi connectivity index (χ1) is 8.29. The third-order valence-electron chi connectivity index (χ3n) is 3.27. The van der Waals surface area contributed by atoms with Crippen molar-refractivity contribution in [3.63, 3.8) is 0 Å². The monoisotopic (exact) mass is 228 g/mol. The second kappa shape index (κ2) is 5.49. The molecule has 0 spiro atoms. The van der Waals surface area contributed by atoms with Gasteiger partial charge in [0.1, 0.15) is 0 Å². The van der Waals surface area contributed by atoms with E-state index in [-0.39, 0.29) is 11.8 Å². The number of carbonyl (C=O) groups is 1. The number of benzene rings is 1. The molecule has 1 fully saturated rings. The van der Waals surface area contributed by atoms with Crippen LogP contribution in [0.25, 0.3) is 0 Å². The molecule has 2 rings (SSSR count). The first-order valence-electron chi connectivity index (χ1n) is 6.06. The van der Waals surface area contributed by atoms with Crippen LogP contribution in [0.4, 0.5) is 0 Å². The van der Waals surface area contributed by atoms with Crippen LogP contribution in [0.5, 0.6) is 0 Å². The molecule has 1 amide bonds. The maximum absolute atomic E-state index is 11.6. The molecule has 1 aliphatic carbocycles. The van der Waals surface area contributed by atoms with Crippen LogP contribution < -0.4 is 5.32 Å². The predicted octanol–water partition coefficient (Wildman–Crippen LogP) is 2.02. The summed E-state index contributed by atoms with van der Waals surface area (Å²) in [4.78, 5) is 11.6. The number of rotatable bonds is 4. The molecular formula is C14H16N2O. The molecule has 1 saturated carbocycles. The Kier molecular flexibility index (Phi) is 3.77. The molecule has 3 nitrogen and oxygen atoms in total. The molecular weight excluding hydrogens is 212 g/mol. The fourth-order valence-corrected chi connectivity index (χ4v) is 1.89. The zero-order chi connectivity index (χ0) is 12.1. The first-order valence-corrected chi connectivity index (χ1v) is 6.06. The lowest BCUT2D eigenvalue weighted by atomic mass is 9.85. The number of nitriles is 1. The number of carbonyl (C=O) groups excluding carboxylic acids is 1. The topological polar surface area (TPSA) is 52.9 Å². The second-order valence-corrected chi connectivity index (χ2v) is 4.48. The van der Waals surface area contributed by atoms with Gasteiger partial charge in [0.2, 0.25) is 5.91 Å². The van der Waals surface area contributed by atoms with Gasteiger partial charge in [-0.05, 0) is 37.0 Å². The predicted molar refractivity (Wildman–Crippen MR) is 65.2 cm³/mol. The number of hydrogen-bond donors (Lipinski definition) is 1. The Bertz CT molecular complexity index is 427. The highest BCUT2D eigenvalue weighted by atomic mass is 16.1. The van der Waals surface area contributed by atoms with Crippen molar-refractivity contribution in [3.05, 3.63) is 35.4 Å². The Morgan fingerprint density at radius 3 is 2.59 bits per heavy atom. The van der Waals surface area contributed by atoms with E-state index in [1.165, 1.54) is 6.42 Å². The zero-order valence-electron chi connectivity index (χ0n) is 9.78. The Morgan fingerprint density at radius 1 is 1.35 bits per heavy atom. The Balaban J connectivity index is 1.74. The van der Waals surface area contributed by atoms with Crippen LogP contribution >= 0.6 is 0 Å². The van der Waals surface area contributed by atoms with Crippen molar-refractivity contribution in [2.45, 2.75) is 25.7 Å².